The van der Waals surface area contributed by atoms with Gasteiger partial charge in [-0.25, -0.2) is 0 Å². The highest BCUT2D eigenvalue weighted by atomic mass is 16.5. The zero-order valence-electron chi connectivity index (χ0n) is 17.7. The van der Waals surface area contributed by atoms with Gasteiger partial charge in [-0.05, 0) is 57.2 Å². The van der Waals surface area contributed by atoms with Crippen molar-refractivity contribution in [1.82, 2.24) is 5.32 Å². The number of nitrogens with zero attached hydrogens (tertiary/aromatic N) is 1. The van der Waals surface area contributed by atoms with Crippen molar-refractivity contribution in [2.75, 3.05) is 43.1 Å². The third-order valence-corrected chi connectivity index (χ3v) is 5.89. The third kappa shape index (κ3) is 6.20. The summed E-state index contributed by atoms with van der Waals surface area (Å²) in [4.78, 5) is 27.8. The molecule has 1 aromatic rings. The van der Waals surface area contributed by atoms with Gasteiger partial charge in [0.15, 0.2) is 0 Å². The van der Waals surface area contributed by atoms with Gasteiger partial charge in [-0.2, -0.15) is 0 Å². The molecule has 2 aliphatic rings. The second-order valence-corrected chi connectivity index (χ2v) is 8.06. The van der Waals surface area contributed by atoms with E-state index >= 15 is 0 Å². The van der Waals surface area contributed by atoms with E-state index in [1.807, 2.05) is 25.1 Å². The summed E-state index contributed by atoms with van der Waals surface area (Å²) in [6, 6.07) is 5.75. The molecule has 1 aliphatic carbocycles. The first kappa shape index (κ1) is 21.6. The van der Waals surface area contributed by atoms with Gasteiger partial charge in [-0.1, -0.05) is 19.3 Å². The van der Waals surface area contributed by atoms with Crippen LogP contribution < -0.4 is 15.5 Å². The number of hydrogen-bond donors (Lipinski definition) is 2. The molecule has 29 heavy (non-hydrogen) atoms. The lowest BCUT2D eigenvalue weighted by Crippen LogP contribution is -2.29. The Morgan fingerprint density at radius 2 is 1.86 bits per heavy atom. The highest BCUT2D eigenvalue weighted by Crippen LogP contribution is 2.29. The summed E-state index contributed by atoms with van der Waals surface area (Å²) in [5.41, 5.74) is 2.31. The molecule has 1 heterocycles. The monoisotopic (exact) mass is 401 g/mol. The minimum atomic E-state index is -0.0860. The Hall–Kier alpha value is -2.08. The van der Waals surface area contributed by atoms with Crippen LogP contribution in [0.5, 0.6) is 0 Å². The largest absolute Gasteiger partial charge is 0.382 e. The molecule has 0 unspecified atom stereocenters. The zero-order chi connectivity index (χ0) is 20.5. The quantitative estimate of drug-likeness (QED) is 0.615. The Labute approximate surface area is 174 Å². The molecule has 0 aromatic heterocycles. The first-order chi connectivity index (χ1) is 14.2. The minimum absolute atomic E-state index is 0.0849. The van der Waals surface area contributed by atoms with Crippen LogP contribution in [0.25, 0.3) is 0 Å². The Morgan fingerprint density at radius 1 is 1.10 bits per heavy atom. The lowest BCUT2D eigenvalue weighted by Gasteiger charge is -2.23. The Kier molecular flexibility index (Phi) is 8.35. The van der Waals surface area contributed by atoms with Crippen LogP contribution >= 0.6 is 0 Å². The fourth-order valence-electron chi connectivity index (χ4n) is 4.25. The number of nitrogens with one attached hydrogen (secondary N) is 2. The van der Waals surface area contributed by atoms with Crippen LogP contribution in [0, 0.1) is 5.92 Å². The second kappa shape index (κ2) is 11.2. The average Bonchev–Trinajstić information content (AvgIpc) is 3.29. The molecule has 0 spiro atoms. The number of ether oxygens (including phenoxy) is 1. The van der Waals surface area contributed by atoms with Crippen molar-refractivity contribution >= 4 is 23.2 Å². The molecule has 160 valence electrons. The van der Waals surface area contributed by atoms with Gasteiger partial charge in [0.05, 0.1) is 5.56 Å². The van der Waals surface area contributed by atoms with Gasteiger partial charge in [0.25, 0.3) is 5.91 Å². The van der Waals surface area contributed by atoms with Crippen molar-refractivity contribution in [3.63, 3.8) is 0 Å². The number of amides is 2. The fraction of sp³-hybridized carbons (Fsp3) is 0.652. The molecule has 2 N–H and O–H groups in total. The molecule has 2 amide bonds. The van der Waals surface area contributed by atoms with Crippen LogP contribution in [0.1, 0.15) is 68.6 Å². The van der Waals surface area contributed by atoms with Crippen molar-refractivity contribution in [3.05, 3.63) is 23.8 Å². The van der Waals surface area contributed by atoms with E-state index in [2.05, 4.69) is 15.5 Å². The Balaban J connectivity index is 1.69. The van der Waals surface area contributed by atoms with E-state index in [-0.39, 0.29) is 17.7 Å². The van der Waals surface area contributed by atoms with Gasteiger partial charge >= 0.3 is 0 Å². The number of benzene rings is 1. The van der Waals surface area contributed by atoms with Crippen molar-refractivity contribution in [3.8, 4) is 0 Å². The maximum Gasteiger partial charge on any atom is 0.253 e. The summed E-state index contributed by atoms with van der Waals surface area (Å²) in [5, 5.41) is 6.06. The summed E-state index contributed by atoms with van der Waals surface area (Å²) in [6.07, 6.45) is 8.49. The molecule has 3 rings (SSSR count). The van der Waals surface area contributed by atoms with Crippen molar-refractivity contribution in [2.45, 2.75) is 58.3 Å². The van der Waals surface area contributed by atoms with Crippen molar-refractivity contribution in [2.24, 2.45) is 5.92 Å². The second-order valence-electron chi connectivity index (χ2n) is 8.06. The predicted molar refractivity (Wildman–Crippen MR) is 117 cm³/mol. The van der Waals surface area contributed by atoms with Crippen molar-refractivity contribution in [1.29, 1.82) is 0 Å². The molecule has 0 atom stereocenters. The summed E-state index contributed by atoms with van der Waals surface area (Å²) in [6.45, 7) is 5.82. The molecule has 2 fully saturated rings. The molecular weight excluding hydrogens is 366 g/mol. The van der Waals surface area contributed by atoms with Gasteiger partial charge in [-0.3, -0.25) is 9.59 Å². The normalized spacial score (nSPS) is 17.3. The fourth-order valence-corrected chi connectivity index (χ4v) is 4.25. The maximum absolute atomic E-state index is 12.9. The predicted octanol–water partition coefficient (Wildman–Crippen LogP) is 3.96. The standard InChI is InChI=1S/C23H35N3O3/c1-2-29-16-8-13-24-23(28)20-17-19(11-12-21(20)26-14-6-7-15-26)25-22(27)18-9-4-3-5-10-18/h11-12,17-18H,2-10,13-16H2,1H3,(H,24,28)(H,25,27). The first-order valence-corrected chi connectivity index (χ1v) is 11.2. The Bertz CT molecular complexity index is 680. The lowest BCUT2D eigenvalue weighted by atomic mass is 9.88. The molecule has 1 saturated heterocycles. The summed E-state index contributed by atoms with van der Waals surface area (Å²) in [5.74, 6) is 0.0942. The van der Waals surface area contributed by atoms with Gasteiger partial charge in [-0.15, -0.1) is 0 Å². The van der Waals surface area contributed by atoms with E-state index in [1.165, 1.54) is 6.42 Å². The van der Waals surface area contributed by atoms with Gasteiger partial charge in [0.1, 0.15) is 0 Å². The molecule has 0 radical (unpaired) electrons. The molecule has 1 saturated carbocycles. The highest BCUT2D eigenvalue weighted by molar-refractivity contribution is 6.02. The van der Waals surface area contributed by atoms with Gasteiger partial charge < -0.3 is 20.3 Å². The number of anilines is 2. The number of hydrogen-bond acceptors (Lipinski definition) is 4. The number of carbonyl (C=O) groups is 2. The van der Waals surface area contributed by atoms with Crippen LogP contribution in [-0.2, 0) is 9.53 Å². The Morgan fingerprint density at radius 3 is 2.59 bits per heavy atom. The highest BCUT2D eigenvalue weighted by Gasteiger charge is 2.23. The minimum Gasteiger partial charge on any atom is -0.382 e. The first-order valence-electron chi connectivity index (χ1n) is 11.2. The summed E-state index contributed by atoms with van der Waals surface area (Å²) >= 11 is 0. The van der Waals surface area contributed by atoms with Crippen LogP contribution in [-0.4, -0.2) is 44.7 Å². The van der Waals surface area contributed by atoms with E-state index in [1.54, 1.807) is 0 Å². The summed E-state index contributed by atoms with van der Waals surface area (Å²) < 4.78 is 5.34. The third-order valence-electron chi connectivity index (χ3n) is 5.89. The van der Waals surface area contributed by atoms with Crippen LogP contribution in [0.3, 0.4) is 0 Å². The number of rotatable bonds is 9. The van der Waals surface area contributed by atoms with E-state index < -0.39 is 0 Å². The zero-order valence-corrected chi connectivity index (χ0v) is 17.7. The van der Waals surface area contributed by atoms with Crippen molar-refractivity contribution < 1.29 is 14.3 Å². The molecule has 1 aromatic carbocycles. The maximum atomic E-state index is 12.9. The van der Waals surface area contributed by atoms with Crippen LogP contribution in [0.2, 0.25) is 0 Å². The smallest absolute Gasteiger partial charge is 0.253 e. The van der Waals surface area contributed by atoms with E-state index in [9.17, 15) is 9.59 Å². The molecular formula is C23H35N3O3. The van der Waals surface area contributed by atoms with Crippen LogP contribution in [0.4, 0.5) is 11.4 Å². The topological polar surface area (TPSA) is 70.7 Å². The molecule has 6 nitrogen and oxygen atoms in total. The van der Waals surface area contributed by atoms with E-state index in [0.29, 0.717) is 31.0 Å². The van der Waals surface area contributed by atoms with E-state index in [0.717, 1.165) is 63.7 Å². The van der Waals surface area contributed by atoms with Gasteiger partial charge in [0.2, 0.25) is 5.91 Å². The van der Waals surface area contributed by atoms with Gasteiger partial charge in [0, 0.05) is 50.1 Å². The van der Waals surface area contributed by atoms with Crippen LogP contribution in [0.15, 0.2) is 18.2 Å². The molecule has 6 heteroatoms. The summed E-state index contributed by atoms with van der Waals surface area (Å²) in [7, 11) is 0. The average molecular weight is 402 g/mol. The number of carbonyl (C=O) groups excluding carboxylic acids is 2. The van der Waals surface area contributed by atoms with E-state index in [4.69, 9.17) is 4.74 Å². The lowest BCUT2D eigenvalue weighted by molar-refractivity contribution is -0.120. The molecule has 1 aliphatic heterocycles. The SMILES string of the molecule is CCOCCCNC(=O)c1cc(NC(=O)C2CCCCC2)ccc1N1CCCC1. The molecule has 0 bridgehead atoms.